The van der Waals surface area contributed by atoms with Gasteiger partial charge in [0.15, 0.2) is 0 Å². The Bertz CT molecular complexity index is 1340. The van der Waals surface area contributed by atoms with E-state index >= 15 is 0 Å². The van der Waals surface area contributed by atoms with Gasteiger partial charge in [-0.3, -0.25) is 4.79 Å². The number of fused-ring (bicyclic) bond motifs is 2. The van der Waals surface area contributed by atoms with E-state index in [1.807, 2.05) is 18.2 Å². The van der Waals surface area contributed by atoms with E-state index in [4.69, 9.17) is 18.3 Å². The number of benzene rings is 2. The molecule has 0 N–H and O–H groups in total. The van der Waals surface area contributed by atoms with Crippen LogP contribution in [-0.4, -0.2) is 18.0 Å². The first-order valence-electron chi connectivity index (χ1n) is 10.3. The molecule has 0 saturated heterocycles. The normalized spacial score (nSPS) is 11.2. The molecule has 0 spiro atoms. The third-order valence-corrected chi connectivity index (χ3v) is 4.93. The number of esters is 2. The maximum absolute atomic E-state index is 12.8. The van der Waals surface area contributed by atoms with E-state index in [0.717, 1.165) is 10.9 Å². The van der Waals surface area contributed by atoms with Crippen LogP contribution in [0.4, 0.5) is 0 Å². The smallest absolute Gasteiger partial charge is 0.379 e. The van der Waals surface area contributed by atoms with Crippen molar-refractivity contribution in [3.8, 4) is 5.75 Å². The highest BCUT2D eigenvalue weighted by Gasteiger charge is 2.19. The van der Waals surface area contributed by atoms with Gasteiger partial charge in [-0.25, -0.2) is 9.59 Å². The zero-order valence-corrected chi connectivity index (χ0v) is 18.0. The molecule has 7 nitrogen and oxygen atoms in total. The highest BCUT2D eigenvalue weighted by Crippen LogP contribution is 2.30. The molecule has 0 aliphatic rings. The molecule has 0 radical (unpaired) electrons. The summed E-state index contributed by atoms with van der Waals surface area (Å²) in [6.07, 6.45) is 0.165. The number of furan rings is 1. The minimum atomic E-state index is -0.693. The van der Waals surface area contributed by atoms with Crippen LogP contribution in [0.2, 0.25) is 0 Å². The van der Waals surface area contributed by atoms with Crippen LogP contribution in [0.5, 0.6) is 5.75 Å². The molecular formula is C25H22O7. The third-order valence-electron chi connectivity index (χ3n) is 4.93. The highest BCUT2D eigenvalue weighted by atomic mass is 16.6. The Hall–Kier alpha value is -3.87. The lowest BCUT2D eigenvalue weighted by Crippen LogP contribution is -2.13. The molecule has 0 aliphatic carbocycles. The SMILES string of the molecule is Cc1cc(=O)oc2cc(OC(=O)c3cc4ccccc4o3)c(CCC(=O)OC(C)C)cc12. The molecule has 0 fully saturated rings. The Labute approximate surface area is 183 Å². The Balaban J connectivity index is 1.69. The fraction of sp³-hybridized carbons (Fsp3) is 0.240. The number of hydrogen-bond donors (Lipinski definition) is 0. The molecule has 7 heteroatoms. The summed E-state index contributed by atoms with van der Waals surface area (Å²) in [6, 6.07) is 13.5. The number of rotatable bonds is 6. The van der Waals surface area contributed by atoms with E-state index in [0.29, 0.717) is 16.5 Å². The van der Waals surface area contributed by atoms with E-state index < -0.39 is 11.6 Å². The van der Waals surface area contributed by atoms with Crippen LogP contribution in [0.1, 0.15) is 41.9 Å². The summed E-state index contributed by atoms with van der Waals surface area (Å²) >= 11 is 0. The molecule has 2 aromatic carbocycles. The second kappa shape index (κ2) is 8.70. The minimum absolute atomic E-state index is 0.0437. The van der Waals surface area contributed by atoms with E-state index in [9.17, 15) is 14.4 Å². The summed E-state index contributed by atoms with van der Waals surface area (Å²) in [4.78, 5) is 36.7. The molecule has 2 heterocycles. The van der Waals surface area contributed by atoms with Gasteiger partial charge in [0.2, 0.25) is 5.76 Å². The summed E-state index contributed by atoms with van der Waals surface area (Å²) in [7, 11) is 0. The van der Waals surface area contributed by atoms with Crippen molar-refractivity contribution in [3.05, 3.63) is 75.8 Å². The van der Waals surface area contributed by atoms with E-state index in [-0.39, 0.29) is 42.0 Å². The van der Waals surface area contributed by atoms with Gasteiger partial charge in [0.05, 0.1) is 6.10 Å². The summed E-state index contributed by atoms with van der Waals surface area (Å²) < 4.78 is 21.7. The number of para-hydroxylation sites is 1. The van der Waals surface area contributed by atoms with Crippen LogP contribution < -0.4 is 10.4 Å². The maximum Gasteiger partial charge on any atom is 0.379 e. The quantitative estimate of drug-likeness (QED) is 0.241. The van der Waals surface area contributed by atoms with Crippen LogP contribution in [0, 0.1) is 6.92 Å². The lowest BCUT2D eigenvalue weighted by Gasteiger charge is -2.12. The number of carbonyl (C=O) groups excluding carboxylic acids is 2. The van der Waals surface area contributed by atoms with Gasteiger partial charge in [-0.05, 0) is 56.5 Å². The predicted octanol–water partition coefficient (Wildman–Crippen LogP) is 4.95. The number of carbonyl (C=O) groups is 2. The van der Waals surface area contributed by atoms with Crippen molar-refractivity contribution in [2.24, 2.45) is 0 Å². The van der Waals surface area contributed by atoms with Crippen molar-refractivity contribution in [3.63, 3.8) is 0 Å². The van der Waals surface area contributed by atoms with Crippen molar-refractivity contribution in [2.45, 2.75) is 39.7 Å². The van der Waals surface area contributed by atoms with Gasteiger partial charge >= 0.3 is 17.6 Å². The van der Waals surface area contributed by atoms with Gasteiger partial charge in [-0.2, -0.15) is 0 Å². The monoisotopic (exact) mass is 434 g/mol. The van der Waals surface area contributed by atoms with Crippen LogP contribution in [0.25, 0.3) is 21.9 Å². The topological polar surface area (TPSA) is 96.0 Å². The van der Waals surface area contributed by atoms with Crippen molar-refractivity contribution < 1.29 is 27.9 Å². The molecular weight excluding hydrogens is 412 g/mol. The van der Waals surface area contributed by atoms with Crippen LogP contribution >= 0.6 is 0 Å². The first kappa shape index (κ1) is 21.4. The molecule has 0 bridgehead atoms. The first-order chi connectivity index (χ1) is 15.3. The molecule has 0 amide bonds. The molecule has 32 heavy (non-hydrogen) atoms. The molecule has 0 unspecified atom stereocenters. The van der Waals surface area contributed by atoms with Gasteiger partial charge in [-0.1, -0.05) is 18.2 Å². The predicted molar refractivity (Wildman–Crippen MR) is 118 cm³/mol. The Morgan fingerprint density at radius 1 is 1.00 bits per heavy atom. The van der Waals surface area contributed by atoms with Gasteiger partial charge in [0, 0.05) is 29.3 Å². The first-order valence-corrected chi connectivity index (χ1v) is 10.3. The molecule has 0 aliphatic heterocycles. The van der Waals surface area contributed by atoms with Gasteiger partial charge in [0.25, 0.3) is 0 Å². The van der Waals surface area contributed by atoms with E-state index in [1.54, 1.807) is 39.0 Å². The lowest BCUT2D eigenvalue weighted by atomic mass is 10.0. The standard InChI is InChI=1S/C25H22O7/c1-14(2)29-23(26)9-8-17-11-18-15(3)10-24(27)31-21(18)13-20(17)32-25(28)22-12-16-6-4-5-7-19(16)30-22/h4-7,10-14H,8-9H2,1-3H3. The van der Waals surface area contributed by atoms with Crippen molar-refractivity contribution in [2.75, 3.05) is 0 Å². The average Bonchev–Trinajstić information content (AvgIpc) is 3.16. The van der Waals surface area contributed by atoms with Crippen LogP contribution in [-0.2, 0) is 16.0 Å². The van der Waals surface area contributed by atoms with Crippen LogP contribution in [0.3, 0.4) is 0 Å². The Morgan fingerprint density at radius 3 is 2.53 bits per heavy atom. The summed E-state index contributed by atoms with van der Waals surface area (Å²) in [5.41, 5.74) is 1.68. The molecule has 4 rings (SSSR count). The maximum atomic E-state index is 12.8. The number of ether oxygens (including phenoxy) is 2. The fourth-order valence-electron chi connectivity index (χ4n) is 3.47. The minimum Gasteiger partial charge on any atom is -0.463 e. The largest absolute Gasteiger partial charge is 0.463 e. The van der Waals surface area contributed by atoms with Gasteiger partial charge in [-0.15, -0.1) is 0 Å². The van der Waals surface area contributed by atoms with E-state index in [2.05, 4.69) is 0 Å². The summed E-state index contributed by atoms with van der Waals surface area (Å²) in [6.45, 7) is 5.34. The lowest BCUT2D eigenvalue weighted by molar-refractivity contribution is -0.147. The van der Waals surface area contributed by atoms with Crippen LogP contribution in [0.15, 0.2) is 62.2 Å². The van der Waals surface area contributed by atoms with Gasteiger partial charge in [0.1, 0.15) is 16.9 Å². The number of hydrogen-bond acceptors (Lipinski definition) is 7. The fourth-order valence-corrected chi connectivity index (χ4v) is 3.47. The summed E-state index contributed by atoms with van der Waals surface area (Å²) in [5, 5.41) is 1.47. The molecule has 4 aromatic rings. The van der Waals surface area contributed by atoms with Gasteiger partial charge < -0.3 is 18.3 Å². The van der Waals surface area contributed by atoms with Crippen molar-refractivity contribution in [1.29, 1.82) is 0 Å². The molecule has 164 valence electrons. The molecule has 2 aromatic heterocycles. The zero-order valence-electron chi connectivity index (χ0n) is 18.0. The molecule has 0 atom stereocenters. The third kappa shape index (κ3) is 4.56. The Kier molecular flexibility index (Phi) is 5.81. The second-order valence-electron chi connectivity index (χ2n) is 7.78. The van der Waals surface area contributed by atoms with Crippen molar-refractivity contribution >= 4 is 33.9 Å². The van der Waals surface area contributed by atoms with Crippen molar-refractivity contribution in [1.82, 2.24) is 0 Å². The summed E-state index contributed by atoms with van der Waals surface area (Å²) in [5.74, 6) is -0.816. The average molecular weight is 434 g/mol. The zero-order chi connectivity index (χ0) is 22.8. The Morgan fingerprint density at radius 2 is 1.78 bits per heavy atom. The molecule has 0 saturated carbocycles. The van der Waals surface area contributed by atoms with E-state index in [1.165, 1.54) is 12.1 Å². The number of aryl methyl sites for hydroxylation is 2. The highest BCUT2D eigenvalue weighted by molar-refractivity contribution is 5.94. The second-order valence-corrected chi connectivity index (χ2v) is 7.78.